The fraction of sp³-hybridized carbons (Fsp3) is 0.200. The summed E-state index contributed by atoms with van der Waals surface area (Å²) in [6, 6.07) is 11.9. The Hall–Kier alpha value is -2.20. The number of nitrogens with zero attached hydrogens (tertiary/aromatic N) is 3. The van der Waals surface area contributed by atoms with Gasteiger partial charge in [-0.15, -0.1) is 0 Å². The lowest BCUT2D eigenvalue weighted by atomic mass is 10.0. The standard InChI is InChI=1S/C15H16N4/c1-10-7-14(19(2)18-10)15(16)12-8-11-5-3-4-6-13(11)17-9-12/h3-9,15H,16H2,1-2H3. The number of pyridine rings is 1. The second kappa shape index (κ2) is 4.48. The van der Waals surface area contributed by atoms with Gasteiger partial charge in [-0.2, -0.15) is 5.10 Å². The van der Waals surface area contributed by atoms with Gasteiger partial charge in [-0.05, 0) is 30.7 Å². The lowest BCUT2D eigenvalue weighted by Gasteiger charge is -2.12. The SMILES string of the molecule is Cc1cc(C(N)c2cnc3ccccc3c2)n(C)n1. The summed E-state index contributed by atoms with van der Waals surface area (Å²) < 4.78 is 1.83. The molecule has 1 unspecified atom stereocenters. The highest BCUT2D eigenvalue weighted by Crippen LogP contribution is 2.22. The lowest BCUT2D eigenvalue weighted by Crippen LogP contribution is -2.16. The molecule has 4 nitrogen and oxygen atoms in total. The van der Waals surface area contributed by atoms with Crippen LogP contribution < -0.4 is 5.73 Å². The molecule has 0 aliphatic carbocycles. The van der Waals surface area contributed by atoms with Gasteiger partial charge in [0.1, 0.15) is 0 Å². The first-order valence-electron chi connectivity index (χ1n) is 6.26. The van der Waals surface area contributed by atoms with Crippen LogP contribution in [0, 0.1) is 6.92 Å². The van der Waals surface area contributed by atoms with Gasteiger partial charge < -0.3 is 5.73 Å². The molecule has 2 aromatic heterocycles. The van der Waals surface area contributed by atoms with E-state index in [2.05, 4.69) is 16.1 Å². The fourth-order valence-corrected chi connectivity index (χ4v) is 2.35. The molecule has 0 fully saturated rings. The van der Waals surface area contributed by atoms with E-state index in [1.165, 1.54) is 0 Å². The Morgan fingerprint density at radius 3 is 2.74 bits per heavy atom. The Balaban J connectivity index is 2.06. The van der Waals surface area contributed by atoms with E-state index in [-0.39, 0.29) is 6.04 Å². The molecule has 1 atom stereocenters. The molecule has 0 amide bonds. The van der Waals surface area contributed by atoms with Gasteiger partial charge in [0.15, 0.2) is 0 Å². The molecule has 3 rings (SSSR count). The Labute approximate surface area is 111 Å². The van der Waals surface area contributed by atoms with Crippen LogP contribution in [0.2, 0.25) is 0 Å². The van der Waals surface area contributed by atoms with E-state index in [1.54, 1.807) is 0 Å². The van der Waals surface area contributed by atoms with Gasteiger partial charge in [-0.1, -0.05) is 18.2 Å². The number of rotatable bonds is 2. The number of para-hydroxylation sites is 1. The Kier molecular flexibility index (Phi) is 2.80. The van der Waals surface area contributed by atoms with Crippen LogP contribution in [0.4, 0.5) is 0 Å². The van der Waals surface area contributed by atoms with Gasteiger partial charge in [0.25, 0.3) is 0 Å². The molecule has 0 aliphatic rings. The first kappa shape index (κ1) is 11.9. The molecule has 0 saturated carbocycles. The summed E-state index contributed by atoms with van der Waals surface area (Å²) in [5.74, 6) is 0. The van der Waals surface area contributed by atoms with E-state index in [1.807, 2.05) is 55.2 Å². The largest absolute Gasteiger partial charge is 0.319 e. The lowest BCUT2D eigenvalue weighted by molar-refractivity contribution is 0.668. The minimum absolute atomic E-state index is 0.205. The van der Waals surface area contributed by atoms with Crippen molar-refractivity contribution in [3.05, 3.63) is 59.5 Å². The molecule has 0 spiro atoms. The molecular weight excluding hydrogens is 236 g/mol. The number of benzene rings is 1. The summed E-state index contributed by atoms with van der Waals surface area (Å²) in [6.45, 7) is 1.97. The summed E-state index contributed by atoms with van der Waals surface area (Å²) in [6.07, 6.45) is 1.84. The fourth-order valence-electron chi connectivity index (χ4n) is 2.35. The Bertz CT molecular complexity index is 730. The molecule has 4 heteroatoms. The van der Waals surface area contributed by atoms with Gasteiger partial charge in [-0.3, -0.25) is 9.67 Å². The highest BCUT2D eigenvalue weighted by atomic mass is 15.3. The Morgan fingerprint density at radius 2 is 2.00 bits per heavy atom. The number of hydrogen-bond acceptors (Lipinski definition) is 3. The topological polar surface area (TPSA) is 56.7 Å². The average Bonchev–Trinajstić information content (AvgIpc) is 2.76. The van der Waals surface area contributed by atoms with Crippen LogP contribution in [-0.4, -0.2) is 14.8 Å². The van der Waals surface area contributed by atoms with E-state index in [0.29, 0.717) is 0 Å². The van der Waals surface area contributed by atoms with Gasteiger partial charge >= 0.3 is 0 Å². The normalized spacial score (nSPS) is 12.8. The monoisotopic (exact) mass is 252 g/mol. The maximum atomic E-state index is 6.32. The second-order valence-electron chi connectivity index (χ2n) is 4.77. The first-order chi connectivity index (χ1) is 9.15. The average molecular weight is 252 g/mol. The van der Waals surface area contributed by atoms with Crippen LogP contribution in [0.5, 0.6) is 0 Å². The molecule has 19 heavy (non-hydrogen) atoms. The molecular formula is C15H16N4. The molecule has 96 valence electrons. The van der Waals surface area contributed by atoms with E-state index < -0.39 is 0 Å². The van der Waals surface area contributed by atoms with E-state index in [0.717, 1.165) is 27.9 Å². The predicted octanol–water partition coefficient (Wildman–Crippen LogP) is 2.32. The molecule has 1 aromatic carbocycles. The molecule has 2 heterocycles. The van der Waals surface area contributed by atoms with Gasteiger partial charge in [0, 0.05) is 18.6 Å². The van der Waals surface area contributed by atoms with Crippen molar-refractivity contribution in [3.63, 3.8) is 0 Å². The highest BCUT2D eigenvalue weighted by molar-refractivity contribution is 5.78. The van der Waals surface area contributed by atoms with Crippen molar-refractivity contribution < 1.29 is 0 Å². The van der Waals surface area contributed by atoms with Crippen molar-refractivity contribution in [1.29, 1.82) is 0 Å². The van der Waals surface area contributed by atoms with Crippen LogP contribution in [0.1, 0.15) is 23.0 Å². The number of hydrogen-bond donors (Lipinski definition) is 1. The maximum Gasteiger partial charge on any atom is 0.0738 e. The van der Waals surface area contributed by atoms with Gasteiger partial charge in [-0.25, -0.2) is 0 Å². The van der Waals surface area contributed by atoms with Crippen LogP contribution in [0.3, 0.4) is 0 Å². The smallest absolute Gasteiger partial charge is 0.0738 e. The molecule has 0 aliphatic heterocycles. The van der Waals surface area contributed by atoms with Crippen molar-refractivity contribution in [2.24, 2.45) is 12.8 Å². The van der Waals surface area contributed by atoms with Crippen molar-refractivity contribution >= 4 is 10.9 Å². The zero-order valence-corrected chi connectivity index (χ0v) is 11.0. The number of nitrogens with two attached hydrogens (primary N) is 1. The van der Waals surface area contributed by atoms with Gasteiger partial charge in [0.2, 0.25) is 0 Å². The van der Waals surface area contributed by atoms with Crippen LogP contribution in [0.25, 0.3) is 10.9 Å². The van der Waals surface area contributed by atoms with Crippen LogP contribution in [0.15, 0.2) is 42.6 Å². The van der Waals surface area contributed by atoms with Crippen LogP contribution in [-0.2, 0) is 7.05 Å². The van der Waals surface area contributed by atoms with Crippen molar-refractivity contribution in [1.82, 2.24) is 14.8 Å². The molecule has 0 bridgehead atoms. The number of fused-ring (bicyclic) bond motifs is 1. The van der Waals surface area contributed by atoms with Crippen molar-refractivity contribution in [2.45, 2.75) is 13.0 Å². The summed E-state index contributed by atoms with van der Waals surface area (Å²) in [7, 11) is 1.91. The molecule has 0 saturated heterocycles. The highest BCUT2D eigenvalue weighted by Gasteiger charge is 2.14. The quantitative estimate of drug-likeness (QED) is 0.761. The summed E-state index contributed by atoms with van der Waals surface area (Å²) >= 11 is 0. The zero-order chi connectivity index (χ0) is 13.4. The maximum absolute atomic E-state index is 6.32. The third-order valence-corrected chi connectivity index (χ3v) is 3.33. The van der Waals surface area contributed by atoms with Crippen LogP contribution >= 0.6 is 0 Å². The number of aromatic nitrogens is 3. The number of aryl methyl sites for hydroxylation is 2. The summed E-state index contributed by atoms with van der Waals surface area (Å²) in [5, 5.41) is 5.44. The minimum Gasteiger partial charge on any atom is -0.319 e. The third kappa shape index (κ3) is 2.11. The summed E-state index contributed by atoms with van der Waals surface area (Å²) in [5.41, 5.74) is 10.3. The zero-order valence-electron chi connectivity index (χ0n) is 11.0. The van der Waals surface area contributed by atoms with E-state index in [9.17, 15) is 0 Å². The summed E-state index contributed by atoms with van der Waals surface area (Å²) in [4.78, 5) is 4.45. The van der Waals surface area contributed by atoms with Crippen molar-refractivity contribution in [2.75, 3.05) is 0 Å². The van der Waals surface area contributed by atoms with E-state index >= 15 is 0 Å². The predicted molar refractivity (Wildman–Crippen MR) is 75.7 cm³/mol. The van der Waals surface area contributed by atoms with E-state index in [4.69, 9.17) is 5.73 Å². The Morgan fingerprint density at radius 1 is 1.21 bits per heavy atom. The molecule has 2 N–H and O–H groups in total. The minimum atomic E-state index is -0.205. The third-order valence-electron chi connectivity index (χ3n) is 3.33. The molecule has 0 radical (unpaired) electrons. The van der Waals surface area contributed by atoms with Crippen molar-refractivity contribution in [3.8, 4) is 0 Å². The first-order valence-corrected chi connectivity index (χ1v) is 6.26. The molecule has 3 aromatic rings. The van der Waals surface area contributed by atoms with Gasteiger partial charge in [0.05, 0.1) is 22.9 Å². The second-order valence-corrected chi connectivity index (χ2v) is 4.77.